The van der Waals surface area contributed by atoms with Gasteiger partial charge in [0.15, 0.2) is 0 Å². The highest BCUT2D eigenvalue weighted by atomic mass is 79.9. The van der Waals surface area contributed by atoms with Gasteiger partial charge in [0.2, 0.25) is 5.78 Å². The highest BCUT2D eigenvalue weighted by Crippen LogP contribution is 2.32. The van der Waals surface area contributed by atoms with Gasteiger partial charge in [-0.05, 0) is 34.1 Å². The molecule has 0 unspecified atom stereocenters. The van der Waals surface area contributed by atoms with Crippen LogP contribution in [0.1, 0.15) is 10.5 Å². The first-order valence-corrected chi connectivity index (χ1v) is 6.85. The molecule has 2 N–H and O–H groups in total. The van der Waals surface area contributed by atoms with Crippen LogP contribution in [0, 0.1) is 11.3 Å². The normalized spacial score (nSPS) is 11.5. The van der Waals surface area contributed by atoms with Crippen LogP contribution in [0.15, 0.2) is 34.4 Å². The summed E-state index contributed by atoms with van der Waals surface area (Å²) in [5.41, 5.74) is 0.662. The molecule has 0 aliphatic rings. The zero-order valence-corrected chi connectivity index (χ0v) is 12.9. The van der Waals surface area contributed by atoms with Crippen molar-refractivity contribution >= 4 is 32.6 Å². The van der Waals surface area contributed by atoms with E-state index in [9.17, 15) is 13.6 Å². The quantitative estimate of drug-likeness (QED) is 0.481. The number of hydrogen-bond donors (Lipinski definition) is 2. The number of nitriles is 1. The van der Waals surface area contributed by atoms with Crippen LogP contribution in [-0.2, 0) is 0 Å². The summed E-state index contributed by atoms with van der Waals surface area (Å²) in [5.74, 6) is -0.535. The molecule has 1 aromatic heterocycles. The Labute approximate surface area is 132 Å². The van der Waals surface area contributed by atoms with Gasteiger partial charge in [-0.15, -0.1) is 0 Å². The van der Waals surface area contributed by atoms with E-state index in [-0.39, 0.29) is 17.0 Å². The molecular formula is C14H10BrF2N3O2. The number of H-pyrrole nitrogens is 1. The van der Waals surface area contributed by atoms with Gasteiger partial charge in [-0.1, -0.05) is 0 Å². The minimum absolute atomic E-state index is 0.0354. The first kappa shape index (κ1) is 16.0. The van der Waals surface area contributed by atoms with E-state index in [1.807, 2.05) is 0 Å². The largest absolute Gasteiger partial charge is 0.434 e. The topological polar surface area (TPSA) is 77.9 Å². The van der Waals surface area contributed by atoms with Gasteiger partial charge in [-0.3, -0.25) is 4.79 Å². The first-order valence-electron chi connectivity index (χ1n) is 6.05. The summed E-state index contributed by atoms with van der Waals surface area (Å²) in [6.45, 7) is -2.95. The third-order valence-corrected chi connectivity index (χ3v) is 3.41. The minimum atomic E-state index is -2.95. The fourth-order valence-electron chi connectivity index (χ4n) is 1.88. The van der Waals surface area contributed by atoms with Crippen LogP contribution >= 0.6 is 15.9 Å². The molecule has 8 heteroatoms. The molecule has 1 heterocycles. The minimum Gasteiger partial charge on any atom is -0.434 e. The lowest BCUT2D eigenvalue weighted by Crippen LogP contribution is -2.06. The summed E-state index contributed by atoms with van der Waals surface area (Å²) in [4.78, 5) is 15.0. The van der Waals surface area contributed by atoms with Crippen molar-refractivity contribution in [2.24, 2.45) is 0 Å². The van der Waals surface area contributed by atoms with Crippen molar-refractivity contribution in [1.29, 1.82) is 5.26 Å². The summed E-state index contributed by atoms with van der Waals surface area (Å²) >= 11 is 3.12. The summed E-state index contributed by atoms with van der Waals surface area (Å²) in [6, 6.07) is 6.17. The second-order valence-electron chi connectivity index (χ2n) is 4.22. The smallest absolute Gasteiger partial charge is 0.387 e. The Morgan fingerprint density at radius 3 is 2.82 bits per heavy atom. The molecule has 114 valence electrons. The molecular weight excluding hydrogens is 360 g/mol. The Morgan fingerprint density at radius 1 is 1.50 bits per heavy atom. The molecule has 1 aromatic carbocycles. The van der Waals surface area contributed by atoms with E-state index >= 15 is 0 Å². The number of carbonyl (C=O) groups excluding carboxylic acids is 1. The number of fused-ring (bicyclic) bond motifs is 1. The molecule has 0 aliphatic heterocycles. The molecule has 0 bridgehead atoms. The van der Waals surface area contributed by atoms with Crippen LogP contribution in [-0.4, -0.2) is 24.4 Å². The van der Waals surface area contributed by atoms with Crippen molar-refractivity contribution in [3.63, 3.8) is 0 Å². The molecule has 0 spiro atoms. The standard InChI is InChI=1S/C14H10BrF2N3O2/c1-19-6-8(5-18)13(21)11-2-7-3-12(22-14(16)17)9(15)4-10(7)20-11/h2-4,6,14,19-20H,1H3/b8-6+. The Morgan fingerprint density at radius 2 is 2.23 bits per heavy atom. The Balaban J connectivity index is 2.45. The maximum atomic E-state index is 12.3. The number of carbonyl (C=O) groups is 1. The molecule has 0 fully saturated rings. The average Bonchev–Trinajstić information content (AvgIpc) is 2.86. The van der Waals surface area contributed by atoms with Crippen molar-refractivity contribution in [3.05, 3.63) is 40.1 Å². The highest BCUT2D eigenvalue weighted by Gasteiger charge is 2.16. The van der Waals surface area contributed by atoms with Gasteiger partial charge < -0.3 is 15.0 Å². The van der Waals surface area contributed by atoms with Crippen molar-refractivity contribution in [1.82, 2.24) is 10.3 Å². The van der Waals surface area contributed by atoms with Gasteiger partial charge in [0.25, 0.3) is 0 Å². The van der Waals surface area contributed by atoms with Gasteiger partial charge in [-0.2, -0.15) is 14.0 Å². The maximum absolute atomic E-state index is 12.3. The number of halogens is 3. The fourth-order valence-corrected chi connectivity index (χ4v) is 2.32. The number of nitrogens with one attached hydrogen (secondary N) is 2. The van der Waals surface area contributed by atoms with Gasteiger partial charge in [-0.25, -0.2) is 0 Å². The van der Waals surface area contributed by atoms with E-state index in [0.717, 1.165) is 0 Å². The van der Waals surface area contributed by atoms with E-state index < -0.39 is 12.4 Å². The first-order chi connectivity index (χ1) is 10.5. The summed E-state index contributed by atoms with van der Waals surface area (Å²) in [5, 5.41) is 12.1. The van der Waals surface area contributed by atoms with Crippen LogP contribution < -0.4 is 10.1 Å². The molecule has 0 saturated carbocycles. The van der Waals surface area contributed by atoms with Crippen LogP contribution in [0.25, 0.3) is 10.9 Å². The van der Waals surface area contributed by atoms with Crippen molar-refractivity contribution in [3.8, 4) is 11.8 Å². The predicted octanol–water partition coefficient (Wildman–Crippen LogP) is 3.34. The number of aromatic nitrogens is 1. The number of alkyl halides is 2. The number of rotatable bonds is 5. The highest BCUT2D eigenvalue weighted by molar-refractivity contribution is 9.10. The molecule has 22 heavy (non-hydrogen) atoms. The number of nitrogens with zero attached hydrogens (tertiary/aromatic N) is 1. The predicted molar refractivity (Wildman–Crippen MR) is 79.7 cm³/mol. The van der Waals surface area contributed by atoms with E-state index in [0.29, 0.717) is 15.4 Å². The number of allylic oxidation sites excluding steroid dienone is 1. The Hall–Kier alpha value is -2.40. The lowest BCUT2D eigenvalue weighted by Gasteiger charge is -2.06. The molecule has 0 aliphatic carbocycles. The third kappa shape index (κ3) is 3.26. The van der Waals surface area contributed by atoms with Gasteiger partial charge in [0.1, 0.15) is 17.4 Å². The Kier molecular flexibility index (Phi) is 4.78. The molecule has 5 nitrogen and oxygen atoms in total. The average molecular weight is 370 g/mol. The Bertz CT molecular complexity index is 793. The summed E-state index contributed by atoms with van der Waals surface area (Å²) < 4.78 is 29.3. The van der Waals surface area contributed by atoms with Crippen LogP contribution in [0.5, 0.6) is 5.75 Å². The van der Waals surface area contributed by atoms with Crippen LogP contribution in [0.3, 0.4) is 0 Å². The SMILES string of the molecule is CN/C=C(\C#N)C(=O)c1cc2cc(OC(F)F)c(Br)cc2[nH]1. The van der Waals surface area contributed by atoms with E-state index in [1.54, 1.807) is 13.1 Å². The monoisotopic (exact) mass is 369 g/mol. The lowest BCUT2D eigenvalue weighted by molar-refractivity contribution is -0.0502. The van der Waals surface area contributed by atoms with E-state index in [1.165, 1.54) is 24.4 Å². The van der Waals surface area contributed by atoms with Crippen LogP contribution in [0.2, 0.25) is 0 Å². The van der Waals surface area contributed by atoms with Crippen molar-refractivity contribution in [2.75, 3.05) is 7.05 Å². The van der Waals surface area contributed by atoms with E-state index in [4.69, 9.17) is 5.26 Å². The zero-order valence-electron chi connectivity index (χ0n) is 11.3. The van der Waals surface area contributed by atoms with Crippen molar-refractivity contribution in [2.45, 2.75) is 6.61 Å². The number of hydrogen-bond acceptors (Lipinski definition) is 4. The molecule has 0 saturated heterocycles. The van der Waals surface area contributed by atoms with E-state index in [2.05, 4.69) is 31.0 Å². The second kappa shape index (κ2) is 6.58. The maximum Gasteiger partial charge on any atom is 0.387 e. The molecule has 2 aromatic rings. The summed E-state index contributed by atoms with van der Waals surface area (Å²) in [7, 11) is 1.57. The molecule has 0 radical (unpaired) electrons. The summed E-state index contributed by atoms with van der Waals surface area (Å²) in [6.07, 6.45) is 1.29. The lowest BCUT2D eigenvalue weighted by atomic mass is 10.1. The molecule has 0 atom stereocenters. The molecule has 0 amide bonds. The molecule has 2 rings (SSSR count). The number of Topliss-reactive ketones (excluding diaryl/α,β-unsaturated/α-hetero) is 1. The number of benzene rings is 1. The van der Waals surface area contributed by atoms with Gasteiger partial charge in [0.05, 0.1) is 10.2 Å². The second-order valence-corrected chi connectivity index (χ2v) is 5.07. The van der Waals surface area contributed by atoms with Gasteiger partial charge >= 0.3 is 6.61 Å². The number of ketones is 1. The zero-order chi connectivity index (χ0) is 16.3. The van der Waals surface area contributed by atoms with Crippen molar-refractivity contribution < 1.29 is 18.3 Å². The number of aromatic amines is 1. The fraction of sp³-hybridized carbons (Fsp3) is 0.143. The van der Waals surface area contributed by atoms with Gasteiger partial charge in [0, 0.05) is 24.2 Å². The number of ether oxygens (including phenoxy) is 1. The third-order valence-electron chi connectivity index (χ3n) is 2.79. The van der Waals surface area contributed by atoms with Crippen LogP contribution in [0.4, 0.5) is 8.78 Å².